The molecule has 0 atom stereocenters. The number of rotatable bonds is 9. The number of furan rings is 1. The van der Waals surface area contributed by atoms with E-state index in [9.17, 15) is 18.0 Å². The average molecular weight is 455 g/mol. The van der Waals surface area contributed by atoms with Gasteiger partial charge in [-0.05, 0) is 35.9 Å². The molecule has 0 fully saturated rings. The Morgan fingerprint density at radius 2 is 2.06 bits per heavy atom. The van der Waals surface area contributed by atoms with E-state index < -0.39 is 24.8 Å². The summed E-state index contributed by atoms with van der Waals surface area (Å²) in [6.07, 6.45) is 0.693. The second-order valence-electron chi connectivity index (χ2n) is 7.45. The van der Waals surface area contributed by atoms with Crippen molar-refractivity contribution in [2.45, 2.75) is 32.0 Å². The van der Waals surface area contributed by atoms with E-state index in [0.29, 0.717) is 17.0 Å². The molecule has 0 spiro atoms. The molecule has 1 aromatic carbocycles. The molecule has 0 aliphatic heterocycles. The van der Waals surface area contributed by atoms with Gasteiger partial charge in [0.1, 0.15) is 17.2 Å². The molecule has 0 N–H and O–H groups in total. The zero-order valence-electron chi connectivity index (χ0n) is 17.5. The molecule has 0 saturated carbocycles. The second-order valence-corrected chi connectivity index (χ2v) is 7.45. The molecule has 0 unspecified atom stereocenters. The highest BCUT2D eigenvalue weighted by atomic mass is 19.4. The highest BCUT2D eigenvalue weighted by Gasteiger charge is 2.27. The van der Waals surface area contributed by atoms with Crippen molar-refractivity contribution in [3.8, 4) is 11.3 Å². The fourth-order valence-electron chi connectivity index (χ4n) is 3.32. The Labute approximate surface area is 187 Å². The van der Waals surface area contributed by atoms with Crippen LogP contribution in [0.2, 0.25) is 0 Å². The second kappa shape index (κ2) is 9.72. The molecule has 3 aromatic heterocycles. The summed E-state index contributed by atoms with van der Waals surface area (Å²) in [6, 6.07) is 14.4. The molecule has 170 valence electrons. The number of benzene rings is 1. The summed E-state index contributed by atoms with van der Waals surface area (Å²) in [5, 5.41) is 3.93. The van der Waals surface area contributed by atoms with Crippen LogP contribution in [0.15, 0.2) is 76.8 Å². The van der Waals surface area contributed by atoms with E-state index in [4.69, 9.17) is 9.25 Å². The van der Waals surface area contributed by atoms with Gasteiger partial charge in [0.2, 0.25) is 0 Å². The van der Waals surface area contributed by atoms with Gasteiger partial charge in [0.05, 0.1) is 30.8 Å². The van der Waals surface area contributed by atoms with E-state index in [1.165, 1.54) is 0 Å². The molecule has 0 bridgehead atoms. The number of alkyl halides is 3. The molecule has 3 heterocycles. The van der Waals surface area contributed by atoms with Gasteiger partial charge < -0.3 is 9.25 Å². The van der Waals surface area contributed by atoms with Crippen molar-refractivity contribution >= 4 is 17.6 Å². The lowest BCUT2D eigenvalue weighted by Gasteiger charge is -2.07. The molecule has 0 amide bonds. The quantitative estimate of drug-likeness (QED) is 0.243. The normalized spacial score (nSPS) is 12.0. The number of aromatic nitrogens is 2. The standard InChI is InChI=1S/C24H20F3N3O3/c25-24(26,27)8-6-20(31)12-17-3-1-4-19(11-17)22-15-28-23-13-18(7-9-30(22)23)14-29-33-16-21-5-2-10-32-21/h1-5,7,9-11,13-15H,6,8,12,16H2/b29-14-. The first-order valence-electron chi connectivity index (χ1n) is 10.2. The van der Waals surface area contributed by atoms with Crippen LogP contribution in [-0.2, 0) is 22.7 Å². The number of imidazole rings is 1. The lowest BCUT2D eigenvalue weighted by molar-refractivity contribution is -0.143. The van der Waals surface area contributed by atoms with E-state index >= 15 is 0 Å². The van der Waals surface area contributed by atoms with Crippen molar-refractivity contribution in [3.05, 3.63) is 84.1 Å². The number of halogens is 3. The highest BCUT2D eigenvalue weighted by Crippen LogP contribution is 2.24. The minimum Gasteiger partial charge on any atom is -0.466 e. The topological polar surface area (TPSA) is 69.1 Å². The summed E-state index contributed by atoms with van der Waals surface area (Å²) in [5.74, 6) is 0.227. The SMILES string of the molecule is O=C(CCC(F)(F)F)Cc1cccc(-c2cnc3cc(/C=N\OCc4ccco4)ccn23)c1. The third-order valence-electron chi connectivity index (χ3n) is 4.91. The van der Waals surface area contributed by atoms with Crippen molar-refractivity contribution < 1.29 is 27.2 Å². The molecule has 4 aromatic rings. The molecule has 0 radical (unpaired) electrons. The number of hydrogen-bond donors (Lipinski definition) is 0. The number of Topliss-reactive ketones (excluding diaryl/α,β-unsaturated/α-hetero) is 1. The summed E-state index contributed by atoms with van der Waals surface area (Å²) in [6.45, 7) is 0.230. The van der Waals surface area contributed by atoms with E-state index in [0.717, 1.165) is 16.8 Å². The number of carbonyl (C=O) groups excluding carboxylic acids is 1. The van der Waals surface area contributed by atoms with Crippen LogP contribution in [0.3, 0.4) is 0 Å². The predicted octanol–water partition coefficient (Wildman–Crippen LogP) is 5.60. The van der Waals surface area contributed by atoms with Crippen molar-refractivity contribution in [1.82, 2.24) is 9.38 Å². The number of ketones is 1. The summed E-state index contributed by atoms with van der Waals surface area (Å²) in [7, 11) is 0. The van der Waals surface area contributed by atoms with Gasteiger partial charge in [-0.25, -0.2) is 4.98 Å². The van der Waals surface area contributed by atoms with Crippen LogP contribution in [0, 0.1) is 0 Å². The van der Waals surface area contributed by atoms with E-state index in [1.54, 1.807) is 49.0 Å². The first kappa shape index (κ1) is 22.3. The third-order valence-corrected chi connectivity index (χ3v) is 4.91. The molecule has 0 saturated heterocycles. The molecule has 9 heteroatoms. The van der Waals surface area contributed by atoms with Gasteiger partial charge in [-0.2, -0.15) is 13.2 Å². The van der Waals surface area contributed by atoms with Gasteiger partial charge in [0.15, 0.2) is 6.61 Å². The zero-order valence-corrected chi connectivity index (χ0v) is 17.5. The maximum Gasteiger partial charge on any atom is 0.389 e. The van der Waals surface area contributed by atoms with Crippen molar-refractivity contribution in [2.24, 2.45) is 5.16 Å². The number of pyridine rings is 1. The lowest BCUT2D eigenvalue weighted by atomic mass is 10.0. The third kappa shape index (κ3) is 6.09. The largest absolute Gasteiger partial charge is 0.466 e. The van der Waals surface area contributed by atoms with Crippen molar-refractivity contribution in [2.75, 3.05) is 0 Å². The van der Waals surface area contributed by atoms with E-state index in [2.05, 4.69) is 10.1 Å². The minimum atomic E-state index is -4.33. The maximum absolute atomic E-state index is 12.3. The Kier molecular flexibility index (Phi) is 6.58. The molecule has 4 rings (SSSR count). The molecular formula is C24H20F3N3O3. The highest BCUT2D eigenvalue weighted by molar-refractivity contribution is 5.82. The number of fused-ring (bicyclic) bond motifs is 1. The fourth-order valence-corrected chi connectivity index (χ4v) is 3.32. The zero-order chi connectivity index (χ0) is 23.3. The van der Waals surface area contributed by atoms with Crippen molar-refractivity contribution in [3.63, 3.8) is 0 Å². The van der Waals surface area contributed by atoms with Gasteiger partial charge in [-0.3, -0.25) is 9.20 Å². The summed E-state index contributed by atoms with van der Waals surface area (Å²) < 4.78 is 44.1. The molecular weight excluding hydrogens is 435 g/mol. The van der Waals surface area contributed by atoms with E-state index in [1.807, 2.05) is 28.8 Å². The van der Waals surface area contributed by atoms with Gasteiger partial charge in [-0.1, -0.05) is 23.4 Å². The first-order valence-corrected chi connectivity index (χ1v) is 10.2. The number of hydrogen-bond acceptors (Lipinski definition) is 5. The van der Waals surface area contributed by atoms with E-state index in [-0.39, 0.29) is 13.0 Å². The smallest absolute Gasteiger partial charge is 0.389 e. The average Bonchev–Trinajstić information content (AvgIpc) is 3.45. The molecule has 33 heavy (non-hydrogen) atoms. The van der Waals surface area contributed by atoms with Crippen LogP contribution in [0.4, 0.5) is 13.2 Å². The fraction of sp³-hybridized carbons (Fsp3) is 0.208. The van der Waals surface area contributed by atoms with Crippen LogP contribution in [0.25, 0.3) is 16.9 Å². The van der Waals surface area contributed by atoms with Gasteiger partial charge in [0, 0.05) is 30.2 Å². The maximum atomic E-state index is 12.3. The molecule has 0 aliphatic carbocycles. The lowest BCUT2D eigenvalue weighted by Crippen LogP contribution is -2.12. The number of nitrogens with zero attached hydrogens (tertiary/aromatic N) is 3. The number of carbonyl (C=O) groups is 1. The van der Waals surface area contributed by atoms with Crippen LogP contribution >= 0.6 is 0 Å². The Balaban J connectivity index is 1.44. The number of oxime groups is 1. The van der Waals surface area contributed by atoms with Gasteiger partial charge in [0.25, 0.3) is 0 Å². The van der Waals surface area contributed by atoms with Gasteiger partial charge >= 0.3 is 6.18 Å². The van der Waals surface area contributed by atoms with Crippen LogP contribution in [0.1, 0.15) is 29.7 Å². The Hall–Kier alpha value is -3.88. The molecule has 0 aliphatic rings. The van der Waals surface area contributed by atoms with Crippen LogP contribution in [-0.4, -0.2) is 27.6 Å². The summed E-state index contributed by atoms with van der Waals surface area (Å²) in [4.78, 5) is 21.6. The monoisotopic (exact) mass is 455 g/mol. The summed E-state index contributed by atoms with van der Waals surface area (Å²) >= 11 is 0. The Morgan fingerprint density at radius 1 is 1.18 bits per heavy atom. The van der Waals surface area contributed by atoms with Crippen LogP contribution in [0.5, 0.6) is 0 Å². The van der Waals surface area contributed by atoms with Gasteiger partial charge in [-0.15, -0.1) is 0 Å². The van der Waals surface area contributed by atoms with Crippen molar-refractivity contribution in [1.29, 1.82) is 0 Å². The molecule has 6 nitrogen and oxygen atoms in total. The Morgan fingerprint density at radius 3 is 2.85 bits per heavy atom. The minimum absolute atomic E-state index is 0.0424. The Bertz CT molecular complexity index is 1260. The predicted molar refractivity (Wildman–Crippen MR) is 116 cm³/mol. The summed E-state index contributed by atoms with van der Waals surface area (Å²) in [5.41, 5.74) is 3.75. The van der Waals surface area contributed by atoms with Crippen LogP contribution < -0.4 is 0 Å². The first-order chi connectivity index (χ1) is 15.9.